The highest BCUT2D eigenvalue weighted by Crippen LogP contribution is 2.32. The predicted octanol–water partition coefficient (Wildman–Crippen LogP) is 4.40. The van der Waals surface area contributed by atoms with Gasteiger partial charge in [0.05, 0.1) is 11.1 Å². The van der Waals surface area contributed by atoms with E-state index in [4.69, 9.17) is 0 Å². The Bertz CT molecular complexity index is 979. The van der Waals surface area contributed by atoms with Crippen molar-refractivity contribution >= 4 is 17.6 Å². The number of nitrogens with one attached hydrogen (secondary N) is 1. The Morgan fingerprint density at radius 2 is 1.59 bits per heavy atom. The smallest absolute Gasteiger partial charge is 0.349 e. The van der Waals surface area contributed by atoms with Gasteiger partial charge in [0, 0.05) is 37.5 Å². The Hall–Kier alpha value is -3.16. The van der Waals surface area contributed by atoms with E-state index in [9.17, 15) is 27.6 Å². The van der Waals surface area contributed by atoms with Crippen LogP contribution in [0.2, 0.25) is 0 Å². The molecule has 8 heteroatoms. The van der Waals surface area contributed by atoms with Gasteiger partial charge in [-0.15, -0.1) is 0 Å². The molecule has 0 aliphatic carbocycles. The molecule has 0 unspecified atom stereocenters. The van der Waals surface area contributed by atoms with Gasteiger partial charge in [0.15, 0.2) is 5.78 Å². The third kappa shape index (κ3) is 5.96. The minimum Gasteiger partial charge on any atom is -0.349 e. The lowest BCUT2D eigenvalue weighted by Crippen LogP contribution is -2.46. The van der Waals surface area contributed by atoms with Gasteiger partial charge in [0.25, 0.3) is 5.91 Å². The van der Waals surface area contributed by atoms with Crippen LogP contribution in [-0.4, -0.2) is 41.6 Å². The number of halogens is 3. The molecule has 1 aliphatic rings. The first-order valence-electron chi connectivity index (χ1n) is 10.5. The topological polar surface area (TPSA) is 66.5 Å². The van der Waals surface area contributed by atoms with E-state index in [2.05, 4.69) is 5.32 Å². The van der Waals surface area contributed by atoms with E-state index in [1.165, 1.54) is 12.1 Å². The van der Waals surface area contributed by atoms with E-state index in [0.29, 0.717) is 31.5 Å². The summed E-state index contributed by atoms with van der Waals surface area (Å²) in [7, 11) is 0. The molecular formula is C24H25F3N2O3. The number of piperidine rings is 1. The number of hydrogen-bond acceptors (Lipinski definition) is 3. The summed E-state index contributed by atoms with van der Waals surface area (Å²) in [6.07, 6.45) is -3.51. The fourth-order valence-corrected chi connectivity index (χ4v) is 3.73. The number of likely N-dealkylation sites (tertiary alicyclic amines) is 1. The quantitative estimate of drug-likeness (QED) is 0.669. The van der Waals surface area contributed by atoms with Crippen LogP contribution in [0, 0.1) is 6.92 Å². The lowest BCUT2D eigenvalue weighted by atomic mass is 10.0. The van der Waals surface area contributed by atoms with Crippen molar-refractivity contribution in [3.05, 3.63) is 70.8 Å². The summed E-state index contributed by atoms with van der Waals surface area (Å²) in [6, 6.07) is 11.5. The average Bonchev–Trinajstić information content (AvgIpc) is 2.77. The fraction of sp³-hybridized carbons (Fsp3) is 0.375. The van der Waals surface area contributed by atoms with Crippen LogP contribution < -0.4 is 5.32 Å². The first-order valence-corrected chi connectivity index (χ1v) is 10.5. The molecule has 0 spiro atoms. The Morgan fingerprint density at radius 3 is 2.22 bits per heavy atom. The highest BCUT2D eigenvalue weighted by molar-refractivity contribution is 5.98. The highest BCUT2D eigenvalue weighted by Gasteiger charge is 2.35. The van der Waals surface area contributed by atoms with E-state index in [1.54, 1.807) is 17.0 Å². The number of carbonyl (C=O) groups excluding carboxylic acids is 3. The SMILES string of the molecule is Cc1ccc(C(=O)CCC(=O)N2CCC(NC(=O)c3ccccc3C(F)(F)F)CC2)cc1. The lowest BCUT2D eigenvalue weighted by molar-refractivity contribution is -0.138. The van der Waals surface area contributed by atoms with Crippen molar-refractivity contribution in [2.24, 2.45) is 0 Å². The second kappa shape index (κ2) is 9.97. The number of aryl methyl sites for hydroxylation is 1. The summed E-state index contributed by atoms with van der Waals surface area (Å²) in [6.45, 7) is 2.69. The van der Waals surface area contributed by atoms with E-state index >= 15 is 0 Å². The molecular weight excluding hydrogens is 421 g/mol. The largest absolute Gasteiger partial charge is 0.417 e. The molecule has 32 heavy (non-hydrogen) atoms. The molecule has 0 radical (unpaired) electrons. The maximum absolute atomic E-state index is 13.1. The molecule has 1 aliphatic heterocycles. The zero-order valence-corrected chi connectivity index (χ0v) is 17.7. The predicted molar refractivity (Wildman–Crippen MR) is 113 cm³/mol. The molecule has 0 atom stereocenters. The molecule has 0 aromatic heterocycles. The zero-order valence-electron chi connectivity index (χ0n) is 17.7. The number of ketones is 1. The van der Waals surface area contributed by atoms with Crippen molar-refractivity contribution in [2.45, 2.75) is 44.8 Å². The second-order valence-corrected chi connectivity index (χ2v) is 7.96. The minimum atomic E-state index is -4.61. The molecule has 1 N–H and O–H groups in total. The monoisotopic (exact) mass is 446 g/mol. The molecule has 170 valence electrons. The summed E-state index contributed by atoms with van der Waals surface area (Å²) in [4.78, 5) is 38.7. The van der Waals surface area contributed by atoms with Crippen LogP contribution in [0.1, 0.15) is 57.5 Å². The van der Waals surface area contributed by atoms with Gasteiger partial charge in [-0.05, 0) is 31.9 Å². The standard InChI is InChI=1S/C24H25F3N2O3/c1-16-6-8-17(9-7-16)21(30)10-11-22(31)29-14-12-18(13-15-29)28-23(32)19-4-2-3-5-20(19)24(25,26)27/h2-9,18H,10-15H2,1H3,(H,28,32). The van der Waals surface area contributed by atoms with Crippen molar-refractivity contribution in [2.75, 3.05) is 13.1 Å². The number of Topliss-reactive ketones (excluding diaryl/α,β-unsaturated/α-hetero) is 1. The van der Waals surface area contributed by atoms with E-state index < -0.39 is 23.2 Å². The van der Waals surface area contributed by atoms with Gasteiger partial charge < -0.3 is 10.2 Å². The van der Waals surface area contributed by atoms with Crippen molar-refractivity contribution in [1.29, 1.82) is 0 Å². The Labute approximate surface area is 184 Å². The molecule has 2 aromatic carbocycles. The Balaban J connectivity index is 1.48. The van der Waals surface area contributed by atoms with Gasteiger partial charge >= 0.3 is 6.18 Å². The number of carbonyl (C=O) groups is 3. The molecule has 2 amide bonds. The van der Waals surface area contributed by atoms with E-state index in [-0.39, 0.29) is 30.6 Å². The number of benzene rings is 2. The molecule has 0 saturated carbocycles. The lowest BCUT2D eigenvalue weighted by Gasteiger charge is -2.32. The Kier molecular flexibility index (Phi) is 7.33. The number of amides is 2. The Morgan fingerprint density at radius 1 is 0.969 bits per heavy atom. The van der Waals surface area contributed by atoms with Gasteiger partial charge in [-0.25, -0.2) is 0 Å². The third-order valence-corrected chi connectivity index (χ3v) is 5.60. The van der Waals surface area contributed by atoms with Crippen molar-refractivity contribution < 1.29 is 27.6 Å². The van der Waals surface area contributed by atoms with Crippen LogP contribution in [0.3, 0.4) is 0 Å². The maximum Gasteiger partial charge on any atom is 0.417 e. The van der Waals surface area contributed by atoms with Crippen LogP contribution >= 0.6 is 0 Å². The van der Waals surface area contributed by atoms with Crippen LogP contribution in [-0.2, 0) is 11.0 Å². The first-order chi connectivity index (χ1) is 15.1. The van der Waals surface area contributed by atoms with Crippen LogP contribution in [0.15, 0.2) is 48.5 Å². The summed E-state index contributed by atoms with van der Waals surface area (Å²) in [5.41, 5.74) is 0.245. The number of hydrogen-bond donors (Lipinski definition) is 1. The van der Waals surface area contributed by atoms with Gasteiger partial charge in [0.1, 0.15) is 0 Å². The van der Waals surface area contributed by atoms with Gasteiger partial charge in [-0.2, -0.15) is 13.2 Å². The maximum atomic E-state index is 13.1. The van der Waals surface area contributed by atoms with E-state index in [0.717, 1.165) is 17.7 Å². The number of alkyl halides is 3. The highest BCUT2D eigenvalue weighted by atomic mass is 19.4. The second-order valence-electron chi connectivity index (χ2n) is 7.96. The molecule has 3 rings (SSSR count). The summed E-state index contributed by atoms with van der Waals surface area (Å²) in [5, 5.41) is 2.65. The van der Waals surface area contributed by atoms with Gasteiger partial charge in [-0.3, -0.25) is 14.4 Å². The van der Waals surface area contributed by atoms with Crippen molar-refractivity contribution in [3.63, 3.8) is 0 Å². The third-order valence-electron chi connectivity index (χ3n) is 5.60. The fourth-order valence-electron chi connectivity index (χ4n) is 3.73. The van der Waals surface area contributed by atoms with Crippen LogP contribution in [0.5, 0.6) is 0 Å². The summed E-state index contributed by atoms with van der Waals surface area (Å²) in [5.74, 6) is -1.01. The number of rotatable bonds is 6. The first kappa shape index (κ1) is 23.5. The molecule has 1 saturated heterocycles. The zero-order chi connectivity index (χ0) is 23.3. The molecule has 5 nitrogen and oxygen atoms in total. The molecule has 2 aromatic rings. The number of nitrogens with zero attached hydrogens (tertiary/aromatic N) is 1. The molecule has 0 bridgehead atoms. The average molecular weight is 446 g/mol. The minimum absolute atomic E-state index is 0.0937. The van der Waals surface area contributed by atoms with Crippen molar-refractivity contribution in [3.8, 4) is 0 Å². The van der Waals surface area contributed by atoms with Gasteiger partial charge in [0.2, 0.25) is 5.91 Å². The van der Waals surface area contributed by atoms with Crippen LogP contribution in [0.25, 0.3) is 0 Å². The van der Waals surface area contributed by atoms with Crippen molar-refractivity contribution in [1.82, 2.24) is 10.2 Å². The van der Waals surface area contributed by atoms with E-state index in [1.807, 2.05) is 19.1 Å². The molecule has 1 fully saturated rings. The summed E-state index contributed by atoms with van der Waals surface area (Å²) < 4.78 is 39.4. The summed E-state index contributed by atoms with van der Waals surface area (Å²) >= 11 is 0. The molecule has 1 heterocycles. The normalized spacial score (nSPS) is 14.8. The van der Waals surface area contributed by atoms with Gasteiger partial charge in [-0.1, -0.05) is 42.0 Å². The van der Waals surface area contributed by atoms with Crippen LogP contribution in [0.4, 0.5) is 13.2 Å².